The maximum Gasteiger partial charge on any atom is 0.264 e. The van der Waals surface area contributed by atoms with Gasteiger partial charge in [0.15, 0.2) is 5.78 Å². The summed E-state index contributed by atoms with van der Waals surface area (Å²) in [5.74, 6) is -0.335. The molecule has 1 aliphatic rings. The molecule has 6 heteroatoms. The zero-order chi connectivity index (χ0) is 18.7. The van der Waals surface area contributed by atoms with Gasteiger partial charge in [0.25, 0.3) is 5.56 Å². The Balaban J connectivity index is 2.41. The average Bonchev–Trinajstić information content (AvgIpc) is 2.54. The fraction of sp³-hybridized carbons (Fsp3) is 0.375. The Morgan fingerprint density at radius 3 is 2.77 bits per heavy atom. The van der Waals surface area contributed by atoms with Crippen molar-refractivity contribution in [2.45, 2.75) is 38.6 Å². The molecule has 0 bridgehead atoms. The number of nitrogen functional groups attached to an aromatic ring is 1. The van der Waals surface area contributed by atoms with Crippen molar-refractivity contribution in [1.82, 2.24) is 9.55 Å². The number of aromatic nitrogens is 2. The SMILES string of the molecule is [2H]c1c([2H])c(N)c2c(=O)n([C@]3(C)CCC(=O)CC3=O)c(C)nc2c1[2H]. The third kappa shape index (κ3) is 1.94. The quantitative estimate of drug-likeness (QED) is 0.633. The molecule has 0 saturated heterocycles. The van der Waals surface area contributed by atoms with Crippen LogP contribution in [0.15, 0.2) is 22.9 Å². The van der Waals surface area contributed by atoms with Crippen LogP contribution in [-0.4, -0.2) is 21.1 Å². The zero-order valence-electron chi connectivity index (χ0n) is 15.3. The maximum atomic E-state index is 13.1. The first-order chi connectivity index (χ1) is 11.6. The summed E-state index contributed by atoms with van der Waals surface area (Å²) in [4.78, 5) is 41.4. The van der Waals surface area contributed by atoms with Crippen LogP contribution in [0.5, 0.6) is 0 Å². The molecule has 1 aliphatic carbocycles. The van der Waals surface area contributed by atoms with Gasteiger partial charge in [-0.05, 0) is 32.4 Å². The highest BCUT2D eigenvalue weighted by atomic mass is 16.2. The van der Waals surface area contributed by atoms with E-state index in [0.29, 0.717) is 0 Å². The van der Waals surface area contributed by atoms with E-state index in [1.165, 1.54) is 11.5 Å². The first-order valence-corrected chi connectivity index (χ1v) is 6.93. The molecule has 1 saturated carbocycles. The van der Waals surface area contributed by atoms with Gasteiger partial charge in [0, 0.05) is 12.1 Å². The highest BCUT2D eigenvalue weighted by Crippen LogP contribution is 2.30. The molecule has 1 heterocycles. The lowest BCUT2D eigenvalue weighted by Crippen LogP contribution is -2.49. The third-order valence-corrected chi connectivity index (χ3v) is 4.24. The molecule has 0 unspecified atom stereocenters. The molecule has 1 fully saturated rings. The third-order valence-electron chi connectivity index (χ3n) is 4.24. The Bertz CT molecular complexity index is 1020. The zero-order valence-corrected chi connectivity index (χ0v) is 12.3. The summed E-state index contributed by atoms with van der Waals surface area (Å²) in [6.45, 7) is 3.12. The van der Waals surface area contributed by atoms with Gasteiger partial charge in [-0.15, -0.1) is 0 Å². The second-order valence-corrected chi connectivity index (χ2v) is 5.72. The van der Waals surface area contributed by atoms with Gasteiger partial charge < -0.3 is 5.73 Å². The molecule has 0 amide bonds. The van der Waals surface area contributed by atoms with E-state index in [2.05, 4.69) is 4.98 Å². The van der Waals surface area contributed by atoms with Gasteiger partial charge in [-0.2, -0.15) is 0 Å². The molecule has 6 nitrogen and oxygen atoms in total. The van der Waals surface area contributed by atoms with Crippen LogP contribution in [0.4, 0.5) is 5.69 Å². The predicted octanol–water partition coefficient (Wildman–Crippen LogP) is 1.32. The van der Waals surface area contributed by atoms with E-state index < -0.39 is 23.2 Å². The molecule has 2 N–H and O–H groups in total. The second kappa shape index (κ2) is 4.76. The van der Waals surface area contributed by atoms with Crippen molar-refractivity contribution in [3.63, 3.8) is 0 Å². The van der Waals surface area contributed by atoms with Crippen LogP contribution in [0.25, 0.3) is 10.9 Å². The molecule has 22 heavy (non-hydrogen) atoms. The molecular formula is C16H17N3O3. The number of ketones is 2. The molecule has 1 aromatic heterocycles. The van der Waals surface area contributed by atoms with Crippen LogP contribution >= 0.6 is 0 Å². The number of benzene rings is 1. The first-order valence-electron chi connectivity index (χ1n) is 8.43. The number of nitrogens with zero attached hydrogens (tertiary/aromatic N) is 2. The summed E-state index contributed by atoms with van der Waals surface area (Å²) in [7, 11) is 0. The molecule has 0 spiro atoms. The van der Waals surface area contributed by atoms with Crippen LogP contribution in [-0.2, 0) is 15.1 Å². The Labute approximate surface area is 131 Å². The normalized spacial score (nSPS) is 24.2. The minimum Gasteiger partial charge on any atom is -0.398 e. The van der Waals surface area contributed by atoms with E-state index in [1.54, 1.807) is 6.92 Å². The number of carbonyl (C=O) groups is 2. The largest absolute Gasteiger partial charge is 0.398 e. The lowest BCUT2D eigenvalue weighted by Gasteiger charge is -2.34. The van der Waals surface area contributed by atoms with Gasteiger partial charge >= 0.3 is 0 Å². The highest BCUT2D eigenvalue weighted by molar-refractivity contribution is 6.05. The predicted molar refractivity (Wildman–Crippen MR) is 82.7 cm³/mol. The van der Waals surface area contributed by atoms with E-state index in [0.717, 1.165) is 0 Å². The number of anilines is 1. The van der Waals surface area contributed by atoms with Crippen LogP contribution in [0.3, 0.4) is 0 Å². The topological polar surface area (TPSA) is 95.0 Å². The molecule has 3 rings (SSSR count). The van der Waals surface area contributed by atoms with E-state index in [9.17, 15) is 14.4 Å². The molecule has 2 aromatic rings. The van der Waals surface area contributed by atoms with E-state index in [1.807, 2.05) is 0 Å². The lowest BCUT2D eigenvalue weighted by atomic mass is 9.81. The number of fused-ring (bicyclic) bond motifs is 1. The number of rotatable bonds is 1. The van der Waals surface area contributed by atoms with Crippen molar-refractivity contribution in [2.24, 2.45) is 0 Å². The van der Waals surface area contributed by atoms with Gasteiger partial charge in [0.05, 0.1) is 21.4 Å². The minimum absolute atomic E-state index is 0.0554. The number of nitrogens with two attached hydrogens (primary N) is 1. The summed E-state index contributed by atoms with van der Waals surface area (Å²) >= 11 is 0. The van der Waals surface area contributed by atoms with Crippen LogP contribution in [0.1, 0.15) is 36.1 Å². The first kappa shape index (κ1) is 11.1. The second-order valence-electron chi connectivity index (χ2n) is 5.72. The monoisotopic (exact) mass is 302 g/mol. The molecule has 0 radical (unpaired) electrons. The Kier molecular flexibility index (Phi) is 2.41. The number of hydrogen-bond donors (Lipinski definition) is 1. The Hall–Kier alpha value is -2.50. The molecule has 114 valence electrons. The smallest absolute Gasteiger partial charge is 0.264 e. The molecule has 0 aliphatic heterocycles. The van der Waals surface area contributed by atoms with Crippen LogP contribution in [0, 0.1) is 6.92 Å². The van der Waals surface area contributed by atoms with Gasteiger partial charge in [-0.3, -0.25) is 19.0 Å². The summed E-state index contributed by atoms with van der Waals surface area (Å²) in [5.41, 5.74) is 3.71. The van der Waals surface area contributed by atoms with Crippen molar-refractivity contribution in [3.05, 3.63) is 34.3 Å². The van der Waals surface area contributed by atoms with Crippen LogP contribution in [0.2, 0.25) is 0 Å². The van der Waals surface area contributed by atoms with Crippen molar-refractivity contribution in [3.8, 4) is 0 Å². The summed E-state index contributed by atoms with van der Waals surface area (Å²) < 4.78 is 24.8. The fourth-order valence-corrected chi connectivity index (χ4v) is 2.98. The van der Waals surface area contributed by atoms with Crippen molar-refractivity contribution < 1.29 is 13.7 Å². The summed E-state index contributed by atoms with van der Waals surface area (Å²) in [5, 5.41) is -0.137. The van der Waals surface area contributed by atoms with Crippen molar-refractivity contribution in [2.75, 3.05) is 5.73 Å². The highest BCUT2D eigenvalue weighted by Gasteiger charge is 2.41. The molecular weight excluding hydrogens is 282 g/mol. The van der Waals surface area contributed by atoms with Gasteiger partial charge in [0.2, 0.25) is 0 Å². The molecule has 1 aromatic carbocycles. The number of Topliss-reactive ketones (excluding diaryl/α,β-unsaturated/α-hetero) is 2. The number of carbonyl (C=O) groups excluding carboxylic acids is 2. The van der Waals surface area contributed by atoms with Gasteiger partial charge in [0.1, 0.15) is 17.1 Å². The molecule has 1 atom stereocenters. The van der Waals surface area contributed by atoms with Crippen molar-refractivity contribution in [1.29, 1.82) is 0 Å². The van der Waals surface area contributed by atoms with E-state index >= 15 is 0 Å². The Morgan fingerprint density at radius 1 is 1.36 bits per heavy atom. The maximum absolute atomic E-state index is 13.1. The minimum atomic E-state index is -1.23. The number of hydrogen-bond acceptors (Lipinski definition) is 5. The summed E-state index contributed by atoms with van der Waals surface area (Å²) in [6, 6.07) is -1.17. The Morgan fingerprint density at radius 2 is 2.09 bits per heavy atom. The lowest BCUT2D eigenvalue weighted by molar-refractivity contribution is -0.136. The van der Waals surface area contributed by atoms with Gasteiger partial charge in [-0.1, -0.05) is 6.04 Å². The number of aryl methyl sites for hydroxylation is 1. The van der Waals surface area contributed by atoms with E-state index in [-0.39, 0.29) is 59.3 Å². The fourth-order valence-electron chi connectivity index (χ4n) is 2.98. The van der Waals surface area contributed by atoms with Crippen molar-refractivity contribution >= 4 is 28.2 Å². The average molecular weight is 302 g/mol. The summed E-state index contributed by atoms with van der Waals surface area (Å²) in [6.07, 6.45) is 0.117. The van der Waals surface area contributed by atoms with Crippen LogP contribution < -0.4 is 11.3 Å². The standard InChI is InChI=1S/C16H17N3O3/c1-9-18-12-5-3-4-11(17)14(12)15(22)19(9)16(2)7-6-10(20)8-13(16)21/h3-5H,6-8,17H2,1-2H3/t16-/m1/s1/i3D,4D,5D. The van der Waals surface area contributed by atoms with Gasteiger partial charge in [-0.25, -0.2) is 4.98 Å². The van der Waals surface area contributed by atoms with E-state index in [4.69, 9.17) is 9.85 Å².